The minimum absolute atomic E-state index is 0.0505. The summed E-state index contributed by atoms with van der Waals surface area (Å²) in [4.78, 5) is 13.8. The van der Waals surface area contributed by atoms with Gasteiger partial charge in [-0.15, -0.1) is 10.2 Å². The molecule has 1 saturated carbocycles. The second kappa shape index (κ2) is 5.25. The third kappa shape index (κ3) is 3.16. The third-order valence-electron chi connectivity index (χ3n) is 2.53. The second-order valence-electron chi connectivity index (χ2n) is 4.06. The van der Waals surface area contributed by atoms with Crippen LogP contribution in [0.2, 0.25) is 0 Å². The Morgan fingerprint density at radius 3 is 3.06 bits per heavy atom. The van der Waals surface area contributed by atoms with Crippen molar-refractivity contribution in [3.05, 3.63) is 5.51 Å². The number of anilines is 1. The van der Waals surface area contributed by atoms with Crippen molar-refractivity contribution in [2.75, 3.05) is 18.4 Å². The van der Waals surface area contributed by atoms with Crippen LogP contribution >= 0.6 is 11.3 Å². The van der Waals surface area contributed by atoms with Crippen LogP contribution in [0.3, 0.4) is 0 Å². The SMILES string of the molecule is CCCN(CC1CC1)C(=O)Nc1nncs1. The van der Waals surface area contributed by atoms with E-state index in [9.17, 15) is 4.79 Å². The average Bonchev–Trinajstić information content (AvgIpc) is 2.94. The highest BCUT2D eigenvalue weighted by atomic mass is 32.1. The highest BCUT2D eigenvalue weighted by Crippen LogP contribution is 2.29. The first kappa shape index (κ1) is 11.3. The predicted octanol–water partition coefficient (Wildman–Crippen LogP) is 2.19. The van der Waals surface area contributed by atoms with Crippen LogP contribution in [-0.4, -0.2) is 34.2 Å². The first-order chi connectivity index (χ1) is 7.79. The van der Waals surface area contributed by atoms with Gasteiger partial charge in [-0.3, -0.25) is 5.32 Å². The van der Waals surface area contributed by atoms with Crippen molar-refractivity contribution in [2.45, 2.75) is 26.2 Å². The molecule has 1 aromatic heterocycles. The van der Waals surface area contributed by atoms with Crippen molar-refractivity contribution in [2.24, 2.45) is 5.92 Å². The molecule has 6 heteroatoms. The molecule has 1 fully saturated rings. The monoisotopic (exact) mass is 240 g/mol. The molecule has 0 atom stereocenters. The van der Waals surface area contributed by atoms with E-state index in [2.05, 4.69) is 22.4 Å². The highest BCUT2D eigenvalue weighted by Gasteiger charge is 2.26. The van der Waals surface area contributed by atoms with Crippen molar-refractivity contribution < 1.29 is 4.79 Å². The Morgan fingerprint density at radius 1 is 1.69 bits per heavy atom. The summed E-state index contributed by atoms with van der Waals surface area (Å²) in [6.07, 6.45) is 3.49. The van der Waals surface area contributed by atoms with E-state index in [-0.39, 0.29) is 6.03 Å². The molecule has 0 aliphatic heterocycles. The summed E-state index contributed by atoms with van der Waals surface area (Å²) in [5.74, 6) is 0.715. The Hall–Kier alpha value is -1.17. The standard InChI is InChI=1S/C10H16N4OS/c1-2-5-14(6-8-3-4-8)10(15)12-9-13-11-7-16-9/h7-8H,2-6H2,1H3,(H,12,13,15). The number of carbonyl (C=O) groups excluding carboxylic acids is 1. The molecule has 2 rings (SSSR count). The van der Waals surface area contributed by atoms with Gasteiger partial charge in [0.25, 0.3) is 0 Å². The van der Waals surface area contributed by atoms with E-state index in [4.69, 9.17) is 0 Å². The van der Waals surface area contributed by atoms with Gasteiger partial charge in [0.1, 0.15) is 5.51 Å². The number of nitrogens with zero attached hydrogens (tertiary/aromatic N) is 3. The number of nitrogens with one attached hydrogen (secondary N) is 1. The van der Waals surface area contributed by atoms with Gasteiger partial charge in [0, 0.05) is 13.1 Å². The molecule has 88 valence electrons. The summed E-state index contributed by atoms with van der Waals surface area (Å²) in [7, 11) is 0. The van der Waals surface area contributed by atoms with Crippen molar-refractivity contribution in [1.29, 1.82) is 0 Å². The zero-order valence-corrected chi connectivity index (χ0v) is 10.2. The molecule has 1 aliphatic carbocycles. The summed E-state index contributed by atoms with van der Waals surface area (Å²) in [6, 6.07) is -0.0505. The molecule has 0 aromatic carbocycles. The molecule has 2 amide bonds. The number of rotatable bonds is 5. The van der Waals surface area contributed by atoms with Crippen molar-refractivity contribution in [1.82, 2.24) is 15.1 Å². The molecule has 0 radical (unpaired) electrons. The summed E-state index contributed by atoms with van der Waals surface area (Å²) in [6.45, 7) is 3.76. The van der Waals surface area contributed by atoms with E-state index < -0.39 is 0 Å². The quantitative estimate of drug-likeness (QED) is 0.858. The van der Waals surface area contributed by atoms with Crippen LogP contribution in [0, 0.1) is 5.92 Å². The predicted molar refractivity (Wildman–Crippen MR) is 63.5 cm³/mol. The Bertz CT molecular complexity index is 337. The van der Waals surface area contributed by atoms with Crippen LogP contribution in [0.4, 0.5) is 9.93 Å². The zero-order chi connectivity index (χ0) is 11.4. The van der Waals surface area contributed by atoms with Crippen molar-refractivity contribution in [3.8, 4) is 0 Å². The summed E-state index contributed by atoms with van der Waals surface area (Å²) < 4.78 is 0. The first-order valence-corrected chi connectivity index (χ1v) is 6.49. The van der Waals surface area contributed by atoms with E-state index in [0.717, 1.165) is 19.5 Å². The van der Waals surface area contributed by atoms with Crippen LogP contribution < -0.4 is 5.32 Å². The number of amides is 2. The lowest BCUT2D eigenvalue weighted by Crippen LogP contribution is -2.37. The van der Waals surface area contributed by atoms with E-state index in [1.807, 2.05) is 4.90 Å². The van der Waals surface area contributed by atoms with Crippen LogP contribution in [0.1, 0.15) is 26.2 Å². The Morgan fingerprint density at radius 2 is 2.50 bits per heavy atom. The molecule has 0 bridgehead atoms. The van der Waals surface area contributed by atoms with Crippen molar-refractivity contribution >= 4 is 22.5 Å². The Balaban J connectivity index is 1.87. The number of urea groups is 1. The minimum atomic E-state index is -0.0505. The van der Waals surface area contributed by atoms with E-state index in [0.29, 0.717) is 11.0 Å². The Kier molecular flexibility index (Phi) is 3.71. The lowest BCUT2D eigenvalue weighted by molar-refractivity contribution is 0.209. The van der Waals surface area contributed by atoms with Gasteiger partial charge in [-0.25, -0.2) is 4.79 Å². The molecule has 1 heterocycles. The summed E-state index contributed by atoms with van der Waals surface area (Å²) in [5, 5.41) is 10.8. The smallest absolute Gasteiger partial charge is 0.323 e. The largest absolute Gasteiger partial charge is 0.324 e. The maximum Gasteiger partial charge on any atom is 0.323 e. The number of hydrogen-bond donors (Lipinski definition) is 1. The van der Waals surface area contributed by atoms with Crippen LogP contribution in [0.25, 0.3) is 0 Å². The van der Waals surface area contributed by atoms with Gasteiger partial charge in [-0.2, -0.15) is 0 Å². The van der Waals surface area contributed by atoms with Gasteiger partial charge in [0.15, 0.2) is 0 Å². The average molecular weight is 240 g/mol. The molecule has 1 aromatic rings. The fourth-order valence-electron chi connectivity index (χ4n) is 1.56. The first-order valence-electron chi connectivity index (χ1n) is 5.61. The number of hydrogen-bond acceptors (Lipinski definition) is 4. The molecular formula is C10H16N4OS. The third-order valence-corrected chi connectivity index (χ3v) is 3.14. The zero-order valence-electron chi connectivity index (χ0n) is 9.35. The van der Waals surface area contributed by atoms with Gasteiger partial charge in [-0.05, 0) is 25.2 Å². The topological polar surface area (TPSA) is 58.1 Å². The molecular weight excluding hydrogens is 224 g/mol. The van der Waals surface area contributed by atoms with Gasteiger partial charge < -0.3 is 4.90 Å². The molecule has 5 nitrogen and oxygen atoms in total. The second-order valence-corrected chi connectivity index (χ2v) is 4.90. The summed E-state index contributed by atoms with van der Waals surface area (Å²) >= 11 is 1.34. The molecule has 16 heavy (non-hydrogen) atoms. The minimum Gasteiger partial charge on any atom is -0.324 e. The fourth-order valence-corrected chi connectivity index (χ4v) is 1.99. The van der Waals surface area contributed by atoms with Gasteiger partial charge in [0.05, 0.1) is 0 Å². The van der Waals surface area contributed by atoms with E-state index in [1.165, 1.54) is 24.2 Å². The lowest BCUT2D eigenvalue weighted by atomic mass is 10.3. The number of carbonyl (C=O) groups is 1. The van der Waals surface area contributed by atoms with Crippen molar-refractivity contribution in [3.63, 3.8) is 0 Å². The maximum atomic E-state index is 11.9. The van der Waals surface area contributed by atoms with Crippen LogP contribution in [0.15, 0.2) is 5.51 Å². The van der Waals surface area contributed by atoms with Crippen LogP contribution in [-0.2, 0) is 0 Å². The van der Waals surface area contributed by atoms with Crippen LogP contribution in [0.5, 0.6) is 0 Å². The maximum absolute atomic E-state index is 11.9. The molecule has 0 spiro atoms. The van der Waals surface area contributed by atoms with E-state index >= 15 is 0 Å². The van der Waals surface area contributed by atoms with Gasteiger partial charge in [-0.1, -0.05) is 18.3 Å². The van der Waals surface area contributed by atoms with E-state index in [1.54, 1.807) is 5.51 Å². The molecule has 1 aliphatic rings. The lowest BCUT2D eigenvalue weighted by Gasteiger charge is -2.21. The number of aromatic nitrogens is 2. The fraction of sp³-hybridized carbons (Fsp3) is 0.700. The van der Waals surface area contributed by atoms with Gasteiger partial charge in [0.2, 0.25) is 5.13 Å². The molecule has 0 unspecified atom stereocenters. The molecule has 1 N–H and O–H groups in total. The normalized spacial score (nSPS) is 14.8. The highest BCUT2D eigenvalue weighted by molar-refractivity contribution is 7.13. The van der Waals surface area contributed by atoms with Gasteiger partial charge >= 0.3 is 6.03 Å². The molecule has 0 saturated heterocycles. The Labute approximate surface area is 98.9 Å². The summed E-state index contributed by atoms with van der Waals surface area (Å²) in [5.41, 5.74) is 1.61.